The van der Waals surface area contributed by atoms with E-state index in [-0.39, 0.29) is 17.7 Å². The quantitative estimate of drug-likeness (QED) is 0.509. The molecule has 1 aliphatic rings. The molecule has 1 saturated heterocycles. The molecule has 0 bridgehead atoms. The molecule has 0 aliphatic carbocycles. The number of para-hydroxylation sites is 1. The van der Waals surface area contributed by atoms with Gasteiger partial charge in [-0.3, -0.25) is 4.79 Å². The number of hydrogen-bond acceptors (Lipinski definition) is 5. The predicted octanol–water partition coefficient (Wildman–Crippen LogP) is 0.112. The first-order valence-corrected chi connectivity index (χ1v) is 7.97. The van der Waals surface area contributed by atoms with E-state index in [1.54, 1.807) is 12.1 Å². The van der Waals surface area contributed by atoms with Crippen LogP contribution < -0.4 is 21.3 Å². The lowest BCUT2D eigenvalue weighted by atomic mass is 10.0. The molecule has 6 heteroatoms. The van der Waals surface area contributed by atoms with Crippen molar-refractivity contribution in [2.24, 2.45) is 0 Å². The highest BCUT2D eigenvalue weighted by atomic mass is 16.3. The minimum absolute atomic E-state index is 0.00688. The van der Waals surface area contributed by atoms with E-state index in [9.17, 15) is 9.90 Å². The fraction of sp³-hybridized carbons (Fsp3) is 0.562. The minimum atomic E-state index is -0.182. The van der Waals surface area contributed by atoms with E-state index in [0.29, 0.717) is 13.0 Å². The second-order valence-corrected chi connectivity index (χ2v) is 5.47. The number of amides is 1. The molecule has 0 aromatic heterocycles. The lowest BCUT2D eigenvalue weighted by Gasteiger charge is -2.20. The molecule has 1 amide bonds. The Morgan fingerprint density at radius 3 is 2.45 bits per heavy atom. The monoisotopic (exact) mass is 306 g/mol. The van der Waals surface area contributed by atoms with E-state index in [2.05, 4.69) is 21.3 Å². The number of aromatic hydroxyl groups is 1. The largest absolute Gasteiger partial charge is 0.508 e. The van der Waals surface area contributed by atoms with Gasteiger partial charge in [-0.2, -0.15) is 0 Å². The molecule has 1 heterocycles. The molecular weight excluding hydrogens is 280 g/mol. The Morgan fingerprint density at radius 2 is 1.68 bits per heavy atom. The number of carbonyl (C=O) groups is 1. The predicted molar refractivity (Wildman–Crippen MR) is 86.8 cm³/mol. The Balaban J connectivity index is 2.00. The van der Waals surface area contributed by atoms with Crippen LogP contribution in [0.4, 0.5) is 0 Å². The van der Waals surface area contributed by atoms with Crippen LogP contribution in [0.3, 0.4) is 0 Å². The first kappa shape index (κ1) is 16.7. The molecule has 122 valence electrons. The van der Waals surface area contributed by atoms with Gasteiger partial charge in [-0.25, -0.2) is 0 Å². The fourth-order valence-corrected chi connectivity index (χ4v) is 2.55. The SMILES string of the molecule is O=C1CC(c2ccccc2O)NCCNCCCNCCN1. The van der Waals surface area contributed by atoms with E-state index in [4.69, 9.17) is 0 Å². The lowest BCUT2D eigenvalue weighted by molar-refractivity contribution is -0.121. The highest BCUT2D eigenvalue weighted by Gasteiger charge is 2.18. The minimum Gasteiger partial charge on any atom is -0.508 e. The van der Waals surface area contributed by atoms with Crippen molar-refractivity contribution in [2.75, 3.05) is 39.3 Å². The summed E-state index contributed by atoms with van der Waals surface area (Å²) in [6.45, 7) is 4.92. The summed E-state index contributed by atoms with van der Waals surface area (Å²) in [6, 6.07) is 7.00. The molecule has 1 atom stereocenters. The number of nitrogens with one attached hydrogen (secondary N) is 4. The smallest absolute Gasteiger partial charge is 0.221 e. The van der Waals surface area contributed by atoms with Crippen LogP contribution in [-0.4, -0.2) is 50.3 Å². The van der Waals surface area contributed by atoms with Gasteiger partial charge in [0.1, 0.15) is 5.75 Å². The summed E-state index contributed by atoms with van der Waals surface area (Å²) < 4.78 is 0. The number of carbonyl (C=O) groups excluding carboxylic acids is 1. The van der Waals surface area contributed by atoms with Crippen molar-refractivity contribution in [3.8, 4) is 5.75 Å². The Bertz CT molecular complexity index is 467. The third kappa shape index (κ3) is 5.63. The third-order valence-electron chi connectivity index (χ3n) is 3.73. The molecule has 1 fully saturated rings. The molecule has 1 unspecified atom stereocenters. The number of phenolic OH excluding ortho intramolecular Hbond substituents is 1. The van der Waals surface area contributed by atoms with Crippen LogP contribution in [0.25, 0.3) is 0 Å². The maximum atomic E-state index is 12.1. The van der Waals surface area contributed by atoms with Crippen molar-refractivity contribution in [1.29, 1.82) is 0 Å². The number of benzene rings is 1. The number of rotatable bonds is 1. The van der Waals surface area contributed by atoms with Gasteiger partial charge >= 0.3 is 0 Å². The van der Waals surface area contributed by atoms with Crippen LogP contribution in [0, 0.1) is 0 Å². The van der Waals surface area contributed by atoms with Gasteiger partial charge < -0.3 is 26.4 Å². The van der Waals surface area contributed by atoms with Crippen molar-refractivity contribution in [2.45, 2.75) is 18.9 Å². The number of hydrogen-bond donors (Lipinski definition) is 5. The maximum Gasteiger partial charge on any atom is 0.221 e. The third-order valence-corrected chi connectivity index (χ3v) is 3.73. The van der Waals surface area contributed by atoms with Crippen molar-refractivity contribution in [3.63, 3.8) is 0 Å². The fourth-order valence-electron chi connectivity index (χ4n) is 2.55. The zero-order valence-electron chi connectivity index (χ0n) is 12.9. The van der Waals surface area contributed by atoms with Crippen LogP contribution in [-0.2, 0) is 4.79 Å². The summed E-state index contributed by atoms with van der Waals surface area (Å²) in [5.41, 5.74) is 0.767. The van der Waals surface area contributed by atoms with Gasteiger partial charge in [0.15, 0.2) is 0 Å². The summed E-state index contributed by atoms with van der Waals surface area (Å²) in [6.07, 6.45) is 1.38. The summed E-state index contributed by atoms with van der Waals surface area (Å²) >= 11 is 0. The van der Waals surface area contributed by atoms with Crippen LogP contribution in [0.1, 0.15) is 24.4 Å². The molecule has 1 aromatic carbocycles. The van der Waals surface area contributed by atoms with Gasteiger partial charge in [0, 0.05) is 44.2 Å². The topological polar surface area (TPSA) is 85.4 Å². The van der Waals surface area contributed by atoms with E-state index in [0.717, 1.165) is 44.7 Å². The van der Waals surface area contributed by atoms with E-state index >= 15 is 0 Å². The Morgan fingerprint density at radius 1 is 0.955 bits per heavy atom. The molecule has 0 spiro atoms. The van der Waals surface area contributed by atoms with Crippen molar-refractivity contribution >= 4 is 5.91 Å². The van der Waals surface area contributed by atoms with Crippen molar-refractivity contribution in [3.05, 3.63) is 29.8 Å². The van der Waals surface area contributed by atoms with Crippen molar-refractivity contribution < 1.29 is 9.90 Å². The van der Waals surface area contributed by atoms with Gasteiger partial charge in [0.2, 0.25) is 5.91 Å². The summed E-state index contributed by atoms with van der Waals surface area (Å²) in [5.74, 6) is 0.219. The molecule has 1 aliphatic heterocycles. The lowest BCUT2D eigenvalue weighted by Crippen LogP contribution is -2.38. The molecule has 5 N–H and O–H groups in total. The molecule has 6 nitrogen and oxygen atoms in total. The molecular formula is C16H26N4O2. The summed E-state index contributed by atoms with van der Waals surface area (Å²) in [7, 11) is 0. The van der Waals surface area contributed by atoms with Gasteiger partial charge in [-0.1, -0.05) is 18.2 Å². The summed E-state index contributed by atoms with van der Waals surface area (Å²) in [4.78, 5) is 12.1. The Hall–Kier alpha value is -1.63. The normalized spacial score (nSPS) is 22.5. The standard InChI is InChI=1S/C16H26N4O2/c21-15-5-2-1-4-13(15)14-12-16(22)20-11-9-18-7-3-6-17-8-10-19-14/h1-2,4-5,14,17-19,21H,3,6-12H2,(H,20,22). The maximum absolute atomic E-state index is 12.1. The molecule has 2 rings (SSSR count). The van der Waals surface area contributed by atoms with Crippen LogP contribution >= 0.6 is 0 Å². The first-order chi connectivity index (χ1) is 10.8. The molecule has 1 aromatic rings. The molecule has 0 radical (unpaired) electrons. The van der Waals surface area contributed by atoms with Crippen molar-refractivity contribution in [1.82, 2.24) is 21.3 Å². The van der Waals surface area contributed by atoms with E-state index in [1.807, 2.05) is 12.1 Å². The van der Waals surface area contributed by atoms with Crippen LogP contribution in [0.2, 0.25) is 0 Å². The van der Waals surface area contributed by atoms with Gasteiger partial charge in [0.25, 0.3) is 0 Å². The average Bonchev–Trinajstić information content (AvgIpc) is 2.51. The van der Waals surface area contributed by atoms with Gasteiger partial charge in [-0.15, -0.1) is 0 Å². The summed E-state index contributed by atoms with van der Waals surface area (Å²) in [5, 5.41) is 23.0. The van der Waals surface area contributed by atoms with E-state index < -0.39 is 0 Å². The highest BCUT2D eigenvalue weighted by molar-refractivity contribution is 5.77. The van der Waals surface area contributed by atoms with Crippen LogP contribution in [0.5, 0.6) is 5.75 Å². The average molecular weight is 306 g/mol. The second kappa shape index (κ2) is 9.40. The molecule has 0 saturated carbocycles. The first-order valence-electron chi connectivity index (χ1n) is 7.97. The Kier molecular flexibility index (Phi) is 7.15. The Labute approximate surface area is 131 Å². The van der Waals surface area contributed by atoms with Crippen LogP contribution in [0.15, 0.2) is 24.3 Å². The zero-order chi connectivity index (χ0) is 15.6. The van der Waals surface area contributed by atoms with Gasteiger partial charge in [0.05, 0.1) is 0 Å². The van der Waals surface area contributed by atoms with E-state index in [1.165, 1.54) is 0 Å². The zero-order valence-corrected chi connectivity index (χ0v) is 12.9. The molecule has 22 heavy (non-hydrogen) atoms. The number of phenols is 1. The van der Waals surface area contributed by atoms with Gasteiger partial charge in [-0.05, 0) is 25.6 Å². The second-order valence-electron chi connectivity index (χ2n) is 5.47. The highest BCUT2D eigenvalue weighted by Crippen LogP contribution is 2.25.